The van der Waals surface area contributed by atoms with Gasteiger partial charge in [-0.2, -0.15) is 14.4 Å². The molecule has 9 heteroatoms. The topological polar surface area (TPSA) is 105 Å². The SMILES string of the molecule is C#C[C@@]1(COC(=O)CCCCCCCCCCCC)CC[C@H](n2cnc3c(N)nc(F)nc32)O1. The lowest BCUT2D eigenvalue weighted by atomic mass is 10.0. The first-order valence-corrected chi connectivity index (χ1v) is 12.4. The number of nitrogens with two attached hydrogens (primary N) is 1. The summed E-state index contributed by atoms with van der Waals surface area (Å²) in [5, 5.41) is 0. The molecule has 0 spiro atoms. The average Bonchev–Trinajstić information content (AvgIpc) is 3.44. The molecule has 1 saturated heterocycles. The molecule has 0 aliphatic carbocycles. The second-order valence-corrected chi connectivity index (χ2v) is 9.04. The third-order valence-electron chi connectivity index (χ3n) is 6.35. The molecule has 2 aromatic heterocycles. The lowest BCUT2D eigenvalue weighted by Gasteiger charge is -2.23. The fourth-order valence-corrected chi connectivity index (χ4v) is 4.33. The number of unbranched alkanes of at least 4 members (excludes halogenated alkanes) is 9. The Bertz CT molecular complexity index is 989. The number of aromatic nitrogens is 4. The molecule has 0 radical (unpaired) electrons. The van der Waals surface area contributed by atoms with Gasteiger partial charge >= 0.3 is 12.0 Å². The minimum absolute atomic E-state index is 0.0191. The standard InChI is InChI=1S/C25H36FN5O3/c1-3-5-6-7-8-9-10-11-12-13-14-20(32)33-17-25(4-2)16-15-19(34-25)31-18-28-21-22(27)29-24(26)30-23(21)31/h2,18-19H,3,5-17H2,1H3,(H2,27,29,30)/t19-,25+/m1/s1. The van der Waals surface area contributed by atoms with Crippen molar-refractivity contribution in [3.8, 4) is 12.3 Å². The van der Waals surface area contributed by atoms with Crippen LogP contribution in [0.15, 0.2) is 6.33 Å². The molecule has 2 atom stereocenters. The Morgan fingerprint density at radius 2 is 1.91 bits per heavy atom. The number of esters is 1. The van der Waals surface area contributed by atoms with Crippen LogP contribution in [0.25, 0.3) is 11.2 Å². The van der Waals surface area contributed by atoms with Crippen molar-refractivity contribution in [3.05, 3.63) is 12.4 Å². The number of halogens is 1. The Labute approximate surface area is 200 Å². The first kappa shape index (κ1) is 25.9. The maximum absolute atomic E-state index is 13.6. The Morgan fingerprint density at radius 3 is 2.59 bits per heavy atom. The second kappa shape index (κ2) is 12.7. The molecule has 186 valence electrons. The van der Waals surface area contributed by atoms with Gasteiger partial charge in [0.05, 0.1) is 6.33 Å². The van der Waals surface area contributed by atoms with E-state index in [1.807, 2.05) is 0 Å². The summed E-state index contributed by atoms with van der Waals surface area (Å²) in [7, 11) is 0. The summed E-state index contributed by atoms with van der Waals surface area (Å²) in [6, 6.07) is 0. The zero-order valence-electron chi connectivity index (χ0n) is 20.1. The molecule has 0 unspecified atom stereocenters. The number of fused-ring (bicyclic) bond motifs is 1. The summed E-state index contributed by atoms with van der Waals surface area (Å²) in [5.41, 5.74) is 5.23. The summed E-state index contributed by atoms with van der Waals surface area (Å²) in [5.74, 6) is 2.33. The fraction of sp³-hybridized carbons (Fsp3) is 0.680. The van der Waals surface area contributed by atoms with E-state index in [1.165, 1.54) is 51.3 Å². The van der Waals surface area contributed by atoms with E-state index in [0.717, 1.165) is 19.3 Å². The van der Waals surface area contributed by atoms with Gasteiger partial charge in [0, 0.05) is 6.42 Å². The van der Waals surface area contributed by atoms with E-state index in [2.05, 4.69) is 27.8 Å². The Balaban J connectivity index is 1.39. The number of nitrogens with zero attached hydrogens (tertiary/aromatic N) is 4. The van der Waals surface area contributed by atoms with Gasteiger partial charge in [0.2, 0.25) is 0 Å². The number of ether oxygens (including phenoxy) is 2. The number of hydrogen-bond donors (Lipinski definition) is 1. The quantitative estimate of drug-likeness (QED) is 0.176. The van der Waals surface area contributed by atoms with E-state index >= 15 is 0 Å². The predicted molar refractivity (Wildman–Crippen MR) is 128 cm³/mol. The van der Waals surface area contributed by atoms with Crippen molar-refractivity contribution in [1.82, 2.24) is 19.5 Å². The lowest BCUT2D eigenvalue weighted by Crippen LogP contribution is -2.34. The number of nitrogen functional groups attached to an aromatic ring is 1. The maximum Gasteiger partial charge on any atom is 0.312 e. The molecule has 1 fully saturated rings. The monoisotopic (exact) mass is 473 g/mol. The molecule has 1 aliphatic heterocycles. The Kier molecular flexibility index (Phi) is 9.63. The molecule has 0 amide bonds. The van der Waals surface area contributed by atoms with Gasteiger partial charge in [0.15, 0.2) is 22.6 Å². The van der Waals surface area contributed by atoms with Crippen LogP contribution in [-0.4, -0.2) is 37.7 Å². The van der Waals surface area contributed by atoms with Crippen LogP contribution in [0, 0.1) is 18.4 Å². The van der Waals surface area contributed by atoms with Crippen molar-refractivity contribution < 1.29 is 18.7 Å². The molecule has 0 bridgehead atoms. The highest BCUT2D eigenvalue weighted by Crippen LogP contribution is 2.38. The van der Waals surface area contributed by atoms with E-state index in [0.29, 0.717) is 24.8 Å². The van der Waals surface area contributed by atoms with Crippen molar-refractivity contribution in [2.45, 2.75) is 102 Å². The Hall–Kier alpha value is -2.73. The van der Waals surface area contributed by atoms with E-state index in [9.17, 15) is 9.18 Å². The molecule has 0 aromatic carbocycles. The number of rotatable bonds is 14. The van der Waals surface area contributed by atoms with Crippen LogP contribution in [0.1, 0.15) is 96.6 Å². The average molecular weight is 474 g/mol. The van der Waals surface area contributed by atoms with E-state index in [4.69, 9.17) is 21.6 Å². The first-order valence-electron chi connectivity index (χ1n) is 12.4. The second-order valence-electron chi connectivity index (χ2n) is 9.04. The molecule has 0 saturated carbocycles. The zero-order chi connectivity index (χ0) is 24.4. The van der Waals surface area contributed by atoms with Crippen LogP contribution in [0.4, 0.5) is 10.2 Å². The van der Waals surface area contributed by atoms with Crippen LogP contribution in [0.3, 0.4) is 0 Å². The normalized spacial score (nSPS) is 20.0. The third kappa shape index (κ3) is 6.89. The first-order chi connectivity index (χ1) is 16.5. The van der Waals surface area contributed by atoms with Crippen molar-refractivity contribution in [2.24, 2.45) is 0 Å². The summed E-state index contributed by atoms with van der Waals surface area (Å²) in [6.07, 6.45) is 19.2. The molecule has 2 N–H and O–H groups in total. The van der Waals surface area contributed by atoms with E-state index in [1.54, 1.807) is 4.57 Å². The third-order valence-corrected chi connectivity index (χ3v) is 6.35. The number of carbonyl (C=O) groups is 1. The van der Waals surface area contributed by atoms with Gasteiger partial charge in [0.25, 0.3) is 0 Å². The van der Waals surface area contributed by atoms with Crippen LogP contribution in [0.2, 0.25) is 0 Å². The van der Waals surface area contributed by atoms with Crippen LogP contribution in [-0.2, 0) is 14.3 Å². The highest BCUT2D eigenvalue weighted by molar-refractivity contribution is 5.81. The van der Waals surface area contributed by atoms with Crippen molar-refractivity contribution >= 4 is 23.0 Å². The van der Waals surface area contributed by atoms with E-state index < -0.39 is 17.9 Å². The molecule has 2 aromatic rings. The van der Waals surface area contributed by atoms with Crippen LogP contribution >= 0.6 is 0 Å². The van der Waals surface area contributed by atoms with Crippen LogP contribution in [0.5, 0.6) is 0 Å². The van der Waals surface area contributed by atoms with Gasteiger partial charge in [-0.05, 0) is 19.3 Å². The molecule has 3 heterocycles. The summed E-state index contributed by atoms with van der Waals surface area (Å²) < 4.78 is 26.8. The smallest absolute Gasteiger partial charge is 0.312 e. The molecular formula is C25H36FN5O3. The number of anilines is 1. The van der Waals surface area contributed by atoms with Gasteiger partial charge in [0.1, 0.15) is 12.8 Å². The van der Waals surface area contributed by atoms with E-state index in [-0.39, 0.29) is 24.0 Å². The lowest BCUT2D eigenvalue weighted by molar-refractivity contribution is -0.152. The highest BCUT2D eigenvalue weighted by Gasteiger charge is 2.41. The Morgan fingerprint density at radius 1 is 1.24 bits per heavy atom. The largest absolute Gasteiger partial charge is 0.462 e. The number of carbonyl (C=O) groups excluding carboxylic acids is 1. The van der Waals surface area contributed by atoms with Crippen molar-refractivity contribution in [3.63, 3.8) is 0 Å². The zero-order valence-corrected chi connectivity index (χ0v) is 20.1. The highest BCUT2D eigenvalue weighted by atomic mass is 19.1. The van der Waals surface area contributed by atoms with Crippen LogP contribution < -0.4 is 5.73 Å². The molecule has 1 aliphatic rings. The van der Waals surface area contributed by atoms with Gasteiger partial charge in [-0.1, -0.05) is 70.6 Å². The maximum atomic E-state index is 13.6. The predicted octanol–water partition coefficient (Wildman–Crippen LogP) is 5.08. The fourth-order valence-electron chi connectivity index (χ4n) is 4.33. The summed E-state index contributed by atoms with van der Waals surface area (Å²) in [6.45, 7) is 2.21. The number of imidazole rings is 1. The van der Waals surface area contributed by atoms with Crippen molar-refractivity contribution in [2.75, 3.05) is 12.3 Å². The van der Waals surface area contributed by atoms with Gasteiger partial charge in [-0.25, -0.2) is 4.98 Å². The summed E-state index contributed by atoms with van der Waals surface area (Å²) in [4.78, 5) is 23.7. The molecule has 8 nitrogen and oxygen atoms in total. The number of hydrogen-bond acceptors (Lipinski definition) is 7. The molecule has 34 heavy (non-hydrogen) atoms. The molecule has 3 rings (SSSR count). The van der Waals surface area contributed by atoms with Gasteiger partial charge in [-0.3, -0.25) is 9.36 Å². The summed E-state index contributed by atoms with van der Waals surface area (Å²) >= 11 is 0. The molecular weight excluding hydrogens is 437 g/mol. The van der Waals surface area contributed by atoms with Crippen molar-refractivity contribution in [1.29, 1.82) is 0 Å². The van der Waals surface area contributed by atoms with Gasteiger partial charge < -0.3 is 15.2 Å². The minimum atomic E-state index is -1.04. The van der Waals surface area contributed by atoms with Gasteiger partial charge in [-0.15, -0.1) is 6.42 Å². The number of terminal acetylenes is 1. The minimum Gasteiger partial charge on any atom is -0.462 e.